The van der Waals surface area contributed by atoms with Gasteiger partial charge < -0.3 is 4.90 Å². The Bertz CT molecular complexity index is 698. The Balaban J connectivity index is 2.70. The van der Waals surface area contributed by atoms with Crippen LogP contribution in [-0.4, -0.2) is 26.6 Å². The molecule has 112 valence electrons. The number of thiocarbonyl (C=S) groups is 1. The second kappa shape index (κ2) is 5.95. The van der Waals surface area contributed by atoms with Crippen molar-refractivity contribution in [1.82, 2.24) is 14.7 Å². The molecular formula is C15H17Cl2N3S. The third-order valence-electron chi connectivity index (χ3n) is 3.48. The summed E-state index contributed by atoms with van der Waals surface area (Å²) in [5.74, 6) is 0. The summed E-state index contributed by atoms with van der Waals surface area (Å²) in [5, 5.41) is 5.81. The van der Waals surface area contributed by atoms with Crippen LogP contribution in [0.2, 0.25) is 5.02 Å². The van der Waals surface area contributed by atoms with Gasteiger partial charge in [-0.3, -0.25) is 4.68 Å². The van der Waals surface area contributed by atoms with Crippen LogP contribution in [0.5, 0.6) is 0 Å². The van der Waals surface area contributed by atoms with Gasteiger partial charge in [-0.25, -0.2) is 0 Å². The summed E-state index contributed by atoms with van der Waals surface area (Å²) in [4.78, 5) is 2.64. The van der Waals surface area contributed by atoms with Crippen molar-refractivity contribution < 1.29 is 0 Å². The summed E-state index contributed by atoms with van der Waals surface area (Å²) in [6.07, 6.45) is 1.88. The van der Waals surface area contributed by atoms with Crippen molar-refractivity contribution in [2.45, 2.75) is 27.3 Å². The maximum absolute atomic E-state index is 6.54. The number of hydrogen-bond donors (Lipinski definition) is 0. The second-order valence-electron chi connectivity index (χ2n) is 4.91. The van der Waals surface area contributed by atoms with E-state index in [1.807, 2.05) is 43.5 Å². The van der Waals surface area contributed by atoms with Crippen molar-refractivity contribution in [3.63, 3.8) is 0 Å². The lowest BCUT2D eigenvalue weighted by atomic mass is 10.1. The molecular weight excluding hydrogens is 325 g/mol. The van der Waals surface area contributed by atoms with Crippen molar-refractivity contribution in [2.24, 2.45) is 0 Å². The van der Waals surface area contributed by atoms with E-state index in [-0.39, 0.29) is 0 Å². The molecule has 0 amide bonds. The molecule has 0 unspecified atom stereocenters. The zero-order chi connectivity index (χ0) is 15.9. The maximum atomic E-state index is 6.54. The Morgan fingerprint density at radius 1 is 1.43 bits per heavy atom. The lowest BCUT2D eigenvalue weighted by Gasteiger charge is -2.28. The Labute approximate surface area is 140 Å². The van der Waals surface area contributed by atoms with Gasteiger partial charge in [0.15, 0.2) is 0 Å². The molecule has 6 heteroatoms. The summed E-state index contributed by atoms with van der Waals surface area (Å²) in [5.41, 5.74) is 4.12. The van der Waals surface area contributed by atoms with E-state index in [1.54, 1.807) is 0 Å². The molecule has 0 bridgehead atoms. The molecule has 2 rings (SSSR count). The standard InChI is InChI=1S/C15H17Cl2N3S/c1-6-20-15(10(4)21)12(17)13(18-20)14-8(2)7-11(16)9(3)19(14)5/h7H,3,6H2,1-2,4-5H3. The Morgan fingerprint density at radius 3 is 2.52 bits per heavy atom. The van der Waals surface area contributed by atoms with E-state index in [0.717, 1.165) is 27.5 Å². The highest BCUT2D eigenvalue weighted by atomic mass is 35.5. The third-order valence-corrected chi connectivity index (χ3v) is 4.36. The summed E-state index contributed by atoms with van der Waals surface area (Å²) in [6, 6.07) is 0. The largest absolute Gasteiger partial charge is 0.342 e. The van der Waals surface area contributed by atoms with E-state index < -0.39 is 0 Å². The monoisotopic (exact) mass is 341 g/mol. The van der Waals surface area contributed by atoms with Crippen LogP contribution in [0.25, 0.3) is 5.70 Å². The molecule has 0 radical (unpaired) electrons. The van der Waals surface area contributed by atoms with Crippen molar-refractivity contribution in [1.29, 1.82) is 0 Å². The van der Waals surface area contributed by atoms with Crippen molar-refractivity contribution in [3.8, 4) is 0 Å². The predicted molar refractivity (Wildman–Crippen MR) is 93.7 cm³/mol. The van der Waals surface area contributed by atoms with Gasteiger partial charge in [0, 0.05) is 18.5 Å². The topological polar surface area (TPSA) is 21.1 Å². The van der Waals surface area contributed by atoms with Gasteiger partial charge in [0.05, 0.1) is 27.1 Å². The number of allylic oxidation sites excluding steroid dienone is 3. The number of halogens is 2. The quantitative estimate of drug-likeness (QED) is 0.591. The van der Waals surface area contributed by atoms with Gasteiger partial charge in [-0.1, -0.05) is 42.0 Å². The summed E-state index contributed by atoms with van der Waals surface area (Å²) in [7, 11) is 1.90. The number of aromatic nitrogens is 2. The summed E-state index contributed by atoms with van der Waals surface area (Å²) >= 11 is 18.0. The van der Waals surface area contributed by atoms with Crippen molar-refractivity contribution >= 4 is 46.0 Å². The maximum Gasteiger partial charge on any atom is 0.128 e. The average molecular weight is 342 g/mol. The zero-order valence-electron chi connectivity index (χ0n) is 12.5. The summed E-state index contributed by atoms with van der Waals surface area (Å²) < 4.78 is 1.83. The first-order valence-electron chi connectivity index (χ1n) is 6.58. The summed E-state index contributed by atoms with van der Waals surface area (Å²) in [6.45, 7) is 10.5. The molecule has 0 saturated heterocycles. The molecule has 0 fully saturated rings. The minimum atomic E-state index is 0.574. The van der Waals surface area contributed by atoms with Crippen molar-refractivity contribution in [2.75, 3.05) is 7.05 Å². The highest BCUT2D eigenvalue weighted by Crippen LogP contribution is 2.38. The number of rotatable bonds is 3. The predicted octanol–water partition coefficient (Wildman–Crippen LogP) is 4.61. The van der Waals surface area contributed by atoms with Crippen LogP contribution in [0.3, 0.4) is 0 Å². The van der Waals surface area contributed by atoms with Crippen LogP contribution in [-0.2, 0) is 6.54 Å². The fraction of sp³-hybridized carbons (Fsp3) is 0.333. The molecule has 0 spiro atoms. The molecule has 0 aromatic carbocycles. The van der Waals surface area contributed by atoms with Crippen LogP contribution in [0.4, 0.5) is 0 Å². The van der Waals surface area contributed by atoms with E-state index >= 15 is 0 Å². The third kappa shape index (κ3) is 2.68. The van der Waals surface area contributed by atoms with Crippen LogP contribution >= 0.6 is 35.4 Å². The Hall–Kier alpha value is -1.10. The highest BCUT2D eigenvalue weighted by Gasteiger charge is 2.27. The number of likely N-dealkylation sites (N-methyl/N-ethyl adjacent to an activating group) is 1. The molecule has 1 aliphatic rings. The van der Waals surface area contributed by atoms with E-state index in [0.29, 0.717) is 22.3 Å². The Kier molecular flexibility index (Phi) is 4.61. The molecule has 0 atom stereocenters. The molecule has 3 nitrogen and oxygen atoms in total. The lowest BCUT2D eigenvalue weighted by Crippen LogP contribution is -2.20. The Morgan fingerprint density at radius 2 is 2.05 bits per heavy atom. The van der Waals surface area contributed by atoms with Crippen LogP contribution in [0, 0.1) is 0 Å². The minimum absolute atomic E-state index is 0.574. The van der Waals surface area contributed by atoms with Gasteiger partial charge in [-0.05, 0) is 32.4 Å². The number of aryl methyl sites for hydroxylation is 1. The van der Waals surface area contributed by atoms with Crippen LogP contribution in [0.1, 0.15) is 32.2 Å². The first kappa shape index (κ1) is 16.3. The smallest absolute Gasteiger partial charge is 0.128 e. The van der Waals surface area contributed by atoms with Gasteiger partial charge in [0.1, 0.15) is 5.69 Å². The van der Waals surface area contributed by atoms with E-state index in [9.17, 15) is 0 Å². The molecule has 1 aromatic heterocycles. The zero-order valence-corrected chi connectivity index (χ0v) is 14.8. The normalized spacial score (nSPS) is 15.6. The molecule has 21 heavy (non-hydrogen) atoms. The lowest BCUT2D eigenvalue weighted by molar-refractivity contribution is 0.593. The first-order chi connectivity index (χ1) is 9.79. The van der Waals surface area contributed by atoms with Crippen LogP contribution in [0.15, 0.2) is 29.0 Å². The van der Waals surface area contributed by atoms with E-state index in [4.69, 9.17) is 35.4 Å². The minimum Gasteiger partial charge on any atom is -0.342 e. The number of hydrogen-bond acceptors (Lipinski definition) is 3. The van der Waals surface area contributed by atoms with E-state index in [1.165, 1.54) is 0 Å². The fourth-order valence-electron chi connectivity index (χ4n) is 2.40. The number of nitrogens with zero attached hydrogens (tertiary/aromatic N) is 3. The fourth-order valence-corrected chi connectivity index (χ4v) is 3.32. The molecule has 0 N–H and O–H groups in total. The van der Waals surface area contributed by atoms with Gasteiger partial charge in [-0.15, -0.1) is 0 Å². The van der Waals surface area contributed by atoms with Gasteiger partial charge in [0.25, 0.3) is 0 Å². The van der Waals surface area contributed by atoms with E-state index in [2.05, 4.69) is 11.7 Å². The molecule has 1 aromatic rings. The molecule has 0 aliphatic carbocycles. The van der Waals surface area contributed by atoms with Crippen LogP contribution < -0.4 is 0 Å². The van der Waals surface area contributed by atoms with Gasteiger partial charge in [0.2, 0.25) is 0 Å². The van der Waals surface area contributed by atoms with Gasteiger partial charge in [-0.2, -0.15) is 5.10 Å². The highest BCUT2D eigenvalue weighted by molar-refractivity contribution is 7.80. The molecule has 1 aliphatic heterocycles. The second-order valence-corrected chi connectivity index (χ2v) is 6.31. The van der Waals surface area contributed by atoms with Crippen molar-refractivity contribution in [3.05, 3.63) is 45.4 Å². The molecule has 2 heterocycles. The van der Waals surface area contributed by atoms with Gasteiger partial charge >= 0.3 is 0 Å². The average Bonchev–Trinajstić information content (AvgIpc) is 2.73. The SMILES string of the molecule is C=C1C(Cl)=CC(C)=C(c2nn(CC)c(C(C)=S)c2Cl)N1C. The molecule has 0 saturated carbocycles. The first-order valence-corrected chi connectivity index (χ1v) is 7.74.